The summed E-state index contributed by atoms with van der Waals surface area (Å²) in [6.07, 6.45) is 2.58. The van der Waals surface area contributed by atoms with Gasteiger partial charge < -0.3 is 5.32 Å². The molecule has 0 spiro atoms. The number of rotatable bonds is 5. The van der Waals surface area contributed by atoms with Gasteiger partial charge in [0.05, 0.1) is 6.04 Å². The highest BCUT2D eigenvalue weighted by atomic mass is 16.2. The Labute approximate surface area is 91.9 Å². The second-order valence-corrected chi connectivity index (χ2v) is 4.62. The van der Waals surface area contributed by atoms with E-state index in [2.05, 4.69) is 11.9 Å². The third-order valence-corrected chi connectivity index (χ3v) is 2.13. The van der Waals surface area contributed by atoms with Crippen LogP contribution in [0.2, 0.25) is 0 Å². The fraction of sp³-hybridized carbons (Fsp3) is 0.667. The molecule has 86 valence electrons. The summed E-state index contributed by atoms with van der Waals surface area (Å²) in [7, 11) is 0. The number of amides is 1. The molecule has 0 aliphatic rings. The Morgan fingerprint density at radius 2 is 1.93 bits per heavy atom. The van der Waals surface area contributed by atoms with Crippen LogP contribution in [0.4, 0.5) is 0 Å². The lowest BCUT2D eigenvalue weighted by Crippen LogP contribution is -2.45. The van der Waals surface area contributed by atoms with Crippen LogP contribution in [0.1, 0.15) is 40.5 Å². The van der Waals surface area contributed by atoms with Gasteiger partial charge in [0, 0.05) is 11.8 Å². The molecule has 3 nitrogen and oxygen atoms in total. The molecule has 0 aromatic carbocycles. The molecule has 1 atom stereocenters. The molecular weight excluding hydrogens is 190 g/mol. The van der Waals surface area contributed by atoms with Crippen LogP contribution >= 0.6 is 0 Å². The van der Waals surface area contributed by atoms with Crippen LogP contribution in [0.25, 0.3) is 0 Å². The van der Waals surface area contributed by atoms with Gasteiger partial charge in [-0.25, -0.2) is 0 Å². The molecule has 0 aliphatic heterocycles. The van der Waals surface area contributed by atoms with Crippen LogP contribution in [0.5, 0.6) is 0 Å². The normalized spacial score (nSPS) is 13.1. The third-order valence-electron chi connectivity index (χ3n) is 2.13. The first kappa shape index (κ1) is 13.9. The topological polar surface area (TPSA) is 46.2 Å². The van der Waals surface area contributed by atoms with Crippen molar-refractivity contribution in [1.82, 2.24) is 5.32 Å². The van der Waals surface area contributed by atoms with Crippen molar-refractivity contribution in [2.24, 2.45) is 5.41 Å². The van der Waals surface area contributed by atoms with E-state index in [0.29, 0.717) is 12.8 Å². The number of Topliss-reactive ketones (excluding diaryl/α,β-unsaturated/α-hetero) is 1. The molecule has 0 rings (SSSR count). The van der Waals surface area contributed by atoms with E-state index in [1.807, 2.05) is 20.8 Å². The highest BCUT2D eigenvalue weighted by Crippen LogP contribution is 2.13. The summed E-state index contributed by atoms with van der Waals surface area (Å²) in [6.45, 7) is 10.8. The van der Waals surface area contributed by atoms with Gasteiger partial charge in [-0.3, -0.25) is 9.59 Å². The van der Waals surface area contributed by atoms with Gasteiger partial charge in [0.1, 0.15) is 0 Å². The minimum atomic E-state index is -0.465. The molecular formula is C12H21NO2. The number of ketones is 1. The Bertz CT molecular complexity index is 251. The van der Waals surface area contributed by atoms with Gasteiger partial charge >= 0.3 is 0 Å². The Hall–Kier alpha value is -1.12. The predicted molar refractivity (Wildman–Crippen MR) is 61.5 cm³/mol. The molecule has 0 aromatic heterocycles. The van der Waals surface area contributed by atoms with Gasteiger partial charge in [-0.1, -0.05) is 33.8 Å². The summed E-state index contributed by atoms with van der Waals surface area (Å²) < 4.78 is 0. The molecule has 0 aromatic rings. The van der Waals surface area contributed by atoms with Gasteiger partial charge in [0.2, 0.25) is 5.91 Å². The molecule has 0 heterocycles. The summed E-state index contributed by atoms with van der Waals surface area (Å²) in [6, 6.07) is -0.417. The first-order valence-electron chi connectivity index (χ1n) is 5.27. The van der Waals surface area contributed by atoms with E-state index in [9.17, 15) is 9.59 Å². The average Bonchev–Trinajstić information content (AvgIpc) is 2.14. The highest BCUT2D eigenvalue weighted by Gasteiger charge is 2.25. The number of hydrogen-bond donors (Lipinski definition) is 1. The maximum Gasteiger partial charge on any atom is 0.225 e. The molecule has 0 saturated heterocycles. The van der Waals surface area contributed by atoms with Crippen LogP contribution in [0.3, 0.4) is 0 Å². The van der Waals surface area contributed by atoms with E-state index in [1.165, 1.54) is 0 Å². The van der Waals surface area contributed by atoms with Crippen molar-refractivity contribution >= 4 is 11.7 Å². The summed E-state index contributed by atoms with van der Waals surface area (Å²) in [5, 5.41) is 2.75. The summed E-state index contributed by atoms with van der Waals surface area (Å²) in [4.78, 5) is 23.2. The van der Waals surface area contributed by atoms with E-state index in [-0.39, 0.29) is 11.7 Å². The molecule has 0 aliphatic carbocycles. The van der Waals surface area contributed by atoms with Crippen LogP contribution < -0.4 is 5.32 Å². The van der Waals surface area contributed by atoms with Gasteiger partial charge in [-0.15, -0.1) is 6.58 Å². The fourth-order valence-electron chi connectivity index (χ4n) is 1.06. The molecule has 1 unspecified atom stereocenters. The van der Waals surface area contributed by atoms with Gasteiger partial charge in [-0.05, 0) is 6.42 Å². The molecule has 0 saturated carbocycles. The van der Waals surface area contributed by atoms with E-state index in [4.69, 9.17) is 0 Å². The number of carbonyl (C=O) groups excluding carboxylic acids is 2. The standard InChI is InChI=1S/C12H21NO2/c1-6-8-9(10(14)7-2)13-11(15)12(3,4)5/h6,9H,1,7-8H2,2-5H3,(H,13,15). The van der Waals surface area contributed by atoms with Crippen LogP contribution in [0, 0.1) is 5.41 Å². The van der Waals surface area contributed by atoms with Crippen molar-refractivity contribution in [2.45, 2.75) is 46.6 Å². The SMILES string of the molecule is C=CCC(NC(=O)C(C)(C)C)C(=O)CC. The lowest BCUT2D eigenvalue weighted by molar-refractivity contribution is -0.132. The second-order valence-electron chi connectivity index (χ2n) is 4.62. The Balaban J connectivity index is 4.48. The summed E-state index contributed by atoms with van der Waals surface area (Å²) in [5.41, 5.74) is -0.465. The average molecular weight is 211 g/mol. The van der Waals surface area contributed by atoms with Crippen molar-refractivity contribution in [1.29, 1.82) is 0 Å². The van der Waals surface area contributed by atoms with Crippen molar-refractivity contribution in [3.63, 3.8) is 0 Å². The first-order chi connectivity index (χ1) is 6.82. The van der Waals surface area contributed by atoms with Crippen molar-refractivity contribution < 1.29 is 9.59 Å². The fourth-order valence-corrected chi connectivity index (χ4v) is 1.06. The number of hydrogen-bond acceptors (Lipinski definition) is 2. The molecule has 1 N–H and O–H groups in total. The van der Waals surface area contributed by atoms with E-state index < -0.39 is 11.5 Å². The molecule has 0 fully saturated rings. The van der Waals surface area contributed by atoms with Crippen molar-refractivity contribution in [3.8, 4) is 0 Å². The molecule has 3 heteroatoms. The Kier molecular flexibility index (Phi) is 5.26. The van der Waals surface area contributed by atoms with Crippen molar-refractivity contribution in [2.75, 3.05) is 0 Å². The Morgan fingerprint density at radius 3 is 2.27 bits per heavy atom. The number of nitrogens with one attached hydrogen (secondary N) is 1. The van der Waals surface area contributed by atoms with E-state index >= 15 is 0 Å². The van der Waals surface area contributed by atoms with Crippen LogP contribution in [-0.4, -0.2) is 17.7 Å². The summed E-state index contributed by atoms with van der Waals surface area (Å²) >= 11 is 0. The zero-order valence-corrected chi connectivity index (χ0v) is 10.1. The minimum absolute atomic E-state index is 0.0486. The van der Waals surface area contributed by atoms with Gasteiger partial charge in [0.15, 0.2) is 5.78 Å². The highest BCUT2D eigenvalue weighted by molar-refractivity contribution is 5.90. The maximum absolute atomic E-state index is 11.7. The lowest BCUT2D eigenvalue weighted by Gasteiger charge is -2.22. The predicted octanol–water partition coefficient (Wildman–Crippen LogP) is 2.07. The summed E-state index contributed by atoms with van der Waals surface area (Å²) in [5.74, 6) is -0.0522. The zero-order valence-electron chi connectivity index (χ0n) is 10.1. The lowest BCUT2D eigenvalue weighted by atomic mass is 9.94. The van der Waals surface area contributed by atoms with Gasteiger partial charge in [-0.2, -0.15) is 0 Å². The van der Waals surface area contributed by atoms with E-state index in [0.717, 1.165) is 0 Å². The minimum Gasteiger partial charge on any atom is -0.346 e. The van der Waals surface area contributed by atoms with Crippen molar-refractivity contribution in [3.05, 3.63) is 12.7 Å². The second kappa shape index (κ2) is 5.69. The Morgan fingerprint density at radius 1 is 1.40 bits per heavy atom. The molecule has 0 bridgehead atoms. The van der Waals surface area contributed by atoms with E-state index in [1.54, 1.807) is 13.0 Å². The monoisotopic (exact) mass is 211 g/mol. The third kappa shape index (κ3) is 4.77. The quantitative estimate of drug-likeness (QED) is 0.708. The molecule has 0 radical (unpaired) electrons. The molecule has 15 heavy (non-hydrogen) atoms. The van der Waals surface area contributed by atoms with Crippen LogP contribution in [0.15, 0.2) is 12.7 Å². The zero-order chi connectivity index (χ0) is 12.1. The van der Waals surface area contributed by atoms with Crippen LogP contribution in [-0.2, 0) is 9.59 Å². The maximum atomic E-state index is 11.7. The largest absolute Gasteiger partial charge is 0.346 e. The molecule has 1 amide bonds. The first-order valence-corrected chi connectivity index (χ1v) is 5.27. The van der Waals surface area contributed by atoms with Gasteiger partial charge in [0.25, 0.3) is 0 Å². The number of carbonyl (C=O) groups is 2. The smallest absolute Gasteiger partial charge is 0.225 e.